The van der Waals surface area contributed by atoms with Gasteiger partial charge < -0.3 is 35.6 Å². The summed E-state index contributed by atoms with van der Waals surface area (Å²) in [5, 5.41) is 42.8. The third-order valence-corrected chi connectivity index (χ3v) is 8.62. The van der Waals surface area contributed by atoms with Crippen LogP contribution < -0.4 is 5.73 Å². The van der Waals surface area contributed by atoms with Gasteiger partial charge in [-0.05, 0) is 26.2 Å². The number of carbonyl (C=O) groups is 2. The molecule has 42 heavy (non-hydrogen) atoms. The fraction of sp³-hybridized carbons (Fsp3) is 0.697. The second-order valence-corrected chi connectivity index (χ2v) is 12.4. The number of ether oxygens (including phenoxy) is 2. The Hall–Kier alpha value is -2.46. The van der Waals surface area contributed by atoms with Crippen LogP contribution in [0.15, 0.2) is 48.6 Å². The van der Waals surface area contributed by atoms with Crippen LogP contribution in [0.4, 0.5) is 4.79 Å². The summed E-state index contributed by atoms with van der Waals surface area (Å²) in [6.45, 7) is 18.5. The van der Waals surface area contributed by atoms with Crippen molar-refractivity contribution in [2.75, 3.05) is 0 Å². The van der Waals surface area contributed by atoms with Crippen molar-refractivity contribution >= 4 is 12.1 Å². The van der Waals surface area contributed by atoms with Crippen LogP contribution in [0.5, 0.6) is 0 Å². The van der Waals surface area contributed by atoms with Crippen LogP contribution >= 0.6 is 0 Å². The van der Waals surface area contributed by atoms with E-state index in [1.807, 2.05) is 53.7 Å². The summed E-state index contributed by atoms with van der Waals surface area (Å²) < 4.78 is 10.8. The number of cyclic esters (lactones) is 1. The highest BCUT2D eigenvalue weighted by molar-refractivity contribution is 5.73. The van der Waals surface area contributed by atoms with Gasteiger partial charge in [0, 0.05) is 36.0 Å². The normalized spacial score (nSPS) is 28.3. The van der Waals surface area contributed by atoms with Crippen LogP contribution in [0.1, 0.15) is 68.2 Å². The van der Waals surface area contributed by atoms with Crippen molar-refractivity contribution in [3.63, 3.8) is 0 Å². The minimum absolute atomic E-state index is 0.152. The van der Waals surface area contributed by atoms with Crippen LogP contribution in [0.25, 0.3) is 0 Å². The monoisotopic (exact) mass is 593 g/mol. The van der Waals surface area contributed by atoms with E-state index in [2.05, 4.69) is 6.58 Å². The Balaban J connectivity index is 2.76. The Morgan fingerprint density at radius 2 is 1.64 bits per heavy atom. The van der Waals surface area contributed by atoms with Crippen molar-refractivity contribution in [3.8, 4) is 0 Å². The summed E-state index contributed by atoms with van der Waals surface area (Å²) in [6, 6.07) is 0. The van der Waals surface area contributed by atoms with Gasteiger partial charge in [-0.25, -0.2) is 4.79 Å². The Bertz CT molecular complexity index is 962. The molecule has 1 aliphatic heterocycles. The van der Waals surface area contributed by atoms with Gasteiger partial charge in [0.25, 0.3) is 0 Å². The van der Waals surface area contributed by atoms with Crippen LogP contribution in [-0.4, -0.2) is 69.1 Å². The maximum atomic E-state index is 12.0. The molecular weight excluding hydrogens is 538 g/mol. The highest BCUT2D eigenvalue weighted by Crippen LogP contribution is 2.30. The summed E-state index contributed by atoms with van der Waals surface area (Å²) in [4.78, 5) is 23.5. The number of esters is 1. The second-order valence-electron chi connectivity index (χ2n) is 12.4. The van der Waals surface area contributed by atoms with E-state index in [-0.39, 0.29) is 41.9 Å². The second kappa shape index (κ2) is 17.6. The molecule has 240 valence electrons. The number of nitrogens with two attached hydrogens (primary N) is 1. The number of hydrogen-bond acceptors (Lipinski definition) is 8. The molecule has 9 nitrogen and oxygen atoms in total. The molecule has 0 aromatic rings. The zero-order valence-electron chi connectivity index (χ0n) is 26.6. The lowest BCUT2D eigenvalue weighted by Gasteiger charge is -2.36. The number of amides is 1. The van der Waals surface area contributed by atoms with E-state index in [4.69, 9.17) is 15.2 Å². The Kier molecular flexibility index (Phi) is 15.7. The molecular formula is C33H55NO8. The van der Waals surface area contributed by atoms with Crippen molar-refractivity contribution in [1.29, 1.82) is 0 Å². The molecule has 1 fully saturated rings. The highest BCUT2D eigenvalue weighted by atomic mass is 16.6. The van der Waals surface area contributed by atoms with E-state index in [9.17, 15) is 30.0 Å². The predicted octanol–water partition coefficient (Wildman–Crippen LogP) is 4.30. The molecule has 1 aliphatic rings. The minimum atomic E-state index is -0.894. The largest absolute Gasteiger partial charge is 0.462 e. The zero-order chi connectivity index (χ0) is 32.3. The van der Waals surface area contributed by atoms with E-state index in [1.54, 1.807) is 38.2 Å². The molecule has 0 radical (unpaired) electrons. The van der Waals surface area contributed by atoms with Crippen LogP contribution in [0.3, 0.4) is 0 Å². The van der Waals surface area contributed by atoms with Crippen LogP contribution in [0, 0.1) is 41.4 Å². The first kappa shape index (κ1) is 37.6. The molecule has 13 atom stereocenters. The Morgan fingerprint density at radius 3 is 2.21 bits per heavy atom. The van der Waals surface area contributed by atoms with Crippen LogP contribution in [0.2, 0.25) is 0 Å². The smallest absolute Gasteiger partial charge is 0.404 e. The summed E-state index contributed by atoms with van der Waals surface area (Å²) >= 11 is 0. The van der Waals surface area contributed by atoms with Crippen molar-refractivity contribution in [3.05, 3.63) is 48.6 Å². The van der Waals surface area contributed by atoms with Gasteiger partial charge in [-0.15, -0.1) is 0 Å². The molecule has 1 amide bonds. The number of rotatable bonds is 16. The lowest BCUT2D eigenvalue weighted by molar-refractivity contribution is -0.179. The topological polar surface area (TPSA) is 160 Å². The van der Waals surface area contributed by atoms with E-state index in [0.29, 0.717) is 6.42 Å². The van der Waals surface area contributed by atoms with Crippen molar-refractivity contribution in [2.45, 2.75) is 105 Å². The van der Waals surface area contributed by atoms with Gasteiger partial charge in [0.2, 0.25) is 0 Å². The third kappa shape index (κ3) is 11.3. The van der Waals surface area contributed by atoms with E-state index >= 15 is 0 Å². The average molecular weight is 594 g/mol. The number of hydrogen-bond donors (Lipinski definition) is 5. The molecule has 0 saturated carbocycles. The standard InChI is InChI=1S/C33H55NO8/c1-10-11-12-20(4)31(42-33(34)40)24(8)29(37)22(6)16-18(2)15-21(5)28(36)19(3)13-14-26(35)17-27-23(7)30(38)25(9)32(39)41-27/h10-15,19-31,35-38H,1,16-17H2,2-9H3,(H2,34,40)/b12-11+,14-13-,18-15-/t19-,20-,21-,22-,23-,24-,25+,26+,27-,28-,29+,30-,31-/m0/s1. The van der Waals surface area contributed by atoms with Crippen molar-refractivity contribution in [2.24, 2.45) is 47.2 Å². The molecule has 0 aromatic carbocycles. The van der Waals surface area contributed by atoms with Crippen molar-refractivity contribution < 1.29 is 39.5 Å². The fourth-order valence-electron chi connectivity index (χ4n) is 5.80. The first-order valence-corrected chi connectivity index (χ1v) is 15.0. The fourth-order valence-corrected chi connectivity index (χ4v) is 5.80. The van der Waals surface area contributed by atoms with Crippen LogP contribution in [-0.2, 0) is 14.3 Å². The van der Waals surface area contributed by atoms with Gasteiger partial charge in [-0.2, -0.15) is 0 Å². The summed E-state index contributed by atoms with van der Waals surface area (Å²) in [5.41, 5.74) is 6.30. The summed E-state index contributed by atoms with van der Waals surface area (Å²) in [7, 11) is 0. The van der Waals surface area contributed by atoms with Gasteiger partial charge >= 0.3 is 12.1 Å². The molecule has 6 N–H and O–H groups in total. The SMILES string of the molecule is C=C/C=C/[C@H](C)[C@H](OC(N)=O)[C@@H](C)[C@H](O)[C@@H](C)C/C(C)=C\[C@H](C)[C@@H](O)[C@@H](C)/C=C\[C@@H](O)C[C@@H]1OC(=O)[C@H](C)[C@@H](O)[C@H]1C. The third-order valence-electron chi connectivity index (χ3n) is 8.62. The van der Waals surface area contributed by atoms with E-state index in [0.717, 1.165) is 5.57 Å². The Morgan fingerprint density at radius 1 is 1.02 bits per heavy atom. The lowest BCUT2D eigenvalue weighted by atomic mass is 9.81. The van der Waals surface area contributed by atoms with Gasteiger partial charge in [-0.3, -0.25) is 4.79 Å². The molecule has 0 aromatic heterocycles. The van der Waals surface area contributed by atoms with E-state index < -0.39 is 54.6 Å². The van der Waals surface area contributed by atoms with E-state index in [1.165, 1.54) is 0 Å². The maximum Gasteiger partial charge on any atom is 0.404 e. The number of aliphatic hydroxyl groups excluding tert-OH is 4. The highest BCUT2D eigenvalue weighted by Gasteiger charge is 2.41. The average Bonchev–Trinajstić information content (AvgIpc) is 2.93. The van der Waals surface area contributed by atoms with Crippen molar-refractivity contribution in [1.82, 2.24) is 0 Å². The summed E-state index contributed by atoms with van der Waals surface area (Å²) in [6.07, 6.45) is 6.04. The number of allylic oxidation sites excluding steroid dienone is 3. The molecule has 1 rings (SSSR count). The van der Waals surface area contributed by atoms with Gasteiger partial charge in [0.1, 0.15) is 12.2 Å². The van der Waals surface area contributed by atoms with Gasteiger partial charge in [-0.1, -0.05) is 90.2 Å². The molecule has 0 spiro atoms. The molecule has 0 aliphatic carbocycles. The lowest BCUT2D eigenvalue weighted by Crippen LogP contribution is -2.47. The minimum Gasteiger partial charge on any atom is -0.462 e. The quantitative estimate of drug-likeness (QED) is 0.101. The summed E-state index contributed by atoms with van der Waals surface area (Å²) in [5.74, 6) is -2.52. The predicted molar refractivity (Wildman–Crippen MR) is 164 cm³/mol. The first-order chi connectivity index (χ1) is 19.5. The molecule has 1 saturated heterocycles. The first-order valence-electron chi connectivity index (χ1n) is 15.0. The molecule has 9 heteroatoms. The number of primary amides is 1. The van der Waals surface area contributed by atoms with Gasteiger partial charge in [0.15, 0.2) is 0 Å². The zero-order valence-corrected chi connectivity index (χ0v) is 26.6. The molecule has 1 heterocycles. The number of aliphatic hydroxyl groups is 4. The number of carbonyl (C=O) groups excluding carboxylic acids is 2. The van der Waals surface area contributed by atoms with Gasteiger partial charge in [0.05, 0.1) is 30.3 Å². The maximum absolute atomic E-state index is 12.0. The molecule has 0 unspecified atom stereocenters. The molecule has 0 bridgehead atoms. The Labute approximate surface area is 252 Å².